The second kappa shape index (κ2) is 31.2. The largest absolute Gasteiger partial charge is 0.310 e. The highest BCUT2D eigenvalue weighted by Crippen LogP contribution is 2.58. The van der Waals surface area contributed by atoms with E-state index in [2.05, 4.69) is 473 Å². The zero-order chi connectivity index (χ0) is 91.6. The second-order valence-corrected chi connectivity index (χ2v) is 45.9. The van der Waals surface area contributed by atoms with Crippen LogP contribution in [-0.2, 0) is 48.7 Å². The fourth-order valence-corrected chi connectivity index (χ4v) is 19.1. The van der Waals surface area contributed by atoms with E-state index in [-0.39, 0.29) is 50.0 Å². The van der Waals surface area contributed by atoms with Crippen molar-refractivity contribution in [1.82, 2.24) is 4.57 Å². The normalized spacial score (nSPS) is 13.4. The first kappa shape index (κ1) is 87.6. The van der Waals surface area contributed by atoms with Gasteiger partial charge in [0.25, 0.3) is 6.71 Å². The van der Waals surface area contributed by atoms with Crippen LogP contribution >= 0.6 is 0 Å². The Morgan fingerprint density at radius 2 is 0.586 bits per heavy atom. The van der Waals surface area contributed by atoms with Crippen LogP contribution in [0.5, 0.6) is 0 Å². The molecule has 0 radical (unpaired) electrons. The van der Waals surface area contributed by atoms with Crippen molar-refractivity contribution in [3.05, 3.63) is 340 Å². The van der Waals surface area contributed by atoms with Crippen molar-refractivity contribution in [3.8, 4) is 89.6 Å². The van der Waals surface area contributed by atoms with E-state index in [9.17, 15) is 5.26 Å². The van der Waals surface area contributed by atoms with Crippen LogP contribution in [-0.4, -0.2) is 11.3 Å². The maximum Gasteiger partial charge on any atom is 0.252 e. The summed E-state index contributed by atoms with van der Waals surface area (Å²) < 4.78 is 2.52. The van der Waals surface area contributed by atoms with E-state index in [0.29, 0.717) is 11.3 Å². The fourth-order valence-electron chi connectivity index (χ4n) is 19.1. The van der Waals surface area contributed by atoms with Gasteiger partial charge < -0.3 is 14.4 Å². The van der Waals surface area contributed by atoms with Crippen molar-refractivity contribution >= 4 is 84.7 Å². The van der Waals surface area contributed by atoms with E-state index in [4.69, 9.17) is 6.57 Å². The Kier molecular flexibility index (Phi) is 21.3. The highest BCUT2D eigenvalue weighted by atomic mass is 15.2. The highest BCUT2D eigenvalue weighted by Gasteiger charge is 2.47. The number of hydrogen-bond donors (Lipinski definition) is 0. The first-order valence-electron chi connectivity index (χ1n) is 46.1. The molecule has 6 heteroatoms. The van der Waals surface area contributed by atoms with Crippen LogP contribution in [0.3, 0.4) is 0 Å². The Hall–Kier alpha value is -12.5. The van der Waals surface area contributed by atoms with Crippen LogP contribution in [0.4, 0.5) is 39.8 Å². The second-order valence-electron chi connectivity index (χ2n) is 45.9. The van der Waals surface area contributed by atoms with Crippen LogP contribution in [0.1, 0.15) is 243 Å². The van der Waals surface area contributed by atoms with Gasteiger partial charge in [0.15, 0.2) is 5.69 Å². The first-order valence-corrected chi connectivity index (χ1v) is 46.1. The van der Waals surface area contributed by atoms with Gasteiger partial charge in [-0.25, -0.2) is 4.85 Å². The van der Waals surface area contributed by atoms with Gasteiger partial charge in [-0.2, -0.15) is 5.26 Å². The quantitative estimate of drug-likeness (QED) is 0.101. The molecule has 0 amide bonds. The molecule has 2 aliphatic rings. The molecule has 0 spiro atoms. The molecular formula is C122H126BN5. The third kappa shape index (κ3) is 16.2. The van der Waals surface area contributed by atoms with Gasteiger partial charge in [-0.1, -0.05) is 375 Å². The smallest absolute Gasteiger partial charge is 0.252 e. The summed E-state index contributed by atoms with van der Waals surface area (Å²) in [7, 11) is 0. The van der Waals surface area contributed by atoms with Crippen LogP contribution < -0.4 is 26.2 Å². The molecule has 0 saturated carbocycles. The summed E-state index contributed by atoms with van der Waals surface area (Å²) in [6.45, 7) is 72.2. The van der Waals surface area contributed by atoms with E-state index in [0.717, 1.165) is 129 Å². The standard InChI is InChI=1S/C122H126BN5/c1-114(2,3)86-53-82(54-87(67-86)115(4,5)6)99-62-80(77-41-36-38-75(52-77)74-124)63-100(83-55-88(116(7,8)9)68-89(56-83)117(10,11)12)112(99)127-107-66-79(76-39-30-29-31-40-76)48-50-103(107)123-104-51-49-96(126-105-46-34-32-44-97(105)98-45-33-35-47-106(98)126)73-108(104)128(110-72-94(122(25,26)27)71-109(127)111(110)123)113-101(84-57-90(118(13,14)15)69-91(58-84)119(16,17)18)64-81(78-42-37-43-95(61-78)125-28)65-102(113)85-59-92(120(19,20)21)70-93(60-85)121(22,23)24/h29-73H,1-27H3. The van der Waals surface area contributed by atoms with E-state index >= 15 is 0 Å². The number of nitrogens with zero attached hydrogens (tertiary/aromatic N) is 5. The van der Waals surface area contributed by atoms with E-state index < -0.39 is 5.41 Å². The molecule has 15 aromatic rings. The van der Waals surface area contributed by atoms with Crippen molar-refractivity contribution in [2.45, 2.75) is 236 Å². The van der Waals surface area contributed by atoms with Crippen LogP contribution in [0.15, 0.2) is 273 Å². The summed E-state index contributed by atoms with van der Waals surface area (Å²) in [5, 5.41) is 13.4. The third-order valence-corrected chi connectivity index (χ3v) is 27.1. The maximum absolute atomic E-state index is 11.0. The molecule has 0 N–H and O–H groups in total. The molecule has 5 nitrogen and oxygen atoms in total. The number of fused-ring (bicyclic) bond motifs is 7. The molecule has 0 saturated heterocycles. The van der Waals surface area contributed by atoms with Crippen molar-refractivity contribution < 1.29 is 0 Å². The van der Waals surface area contributed by atoms with Crippen molar-refractivity contribution in [3.63, 3.8) is 0 Å². The zero-order valence-corrected chi connectivity index (χ0v) is 80.8. The van der Waals surface area contributed by atoms with Gasteiger partial charge in [0.05, 0.1) is 40.6 Å². The van der Waals surface area contributed by atoms with Gasteiger partial charge in [-0.3, -0.25) is 0 Å². The Labute approximate surface area is 764 Å². The SMILES string of the molecule is [C-]#[N+]c1cccc(-c2cc(-c3cc(C(C)(C)C)cc(C(C)(C)C)c3)c(N3c4cc(-n5c6ccccc6c6ccccc65)ccc4B4c5ccc(-c6ccccc6)cc5N(c5c(-c6cc(C(C)(C)C)cc(C(C)(C)C)c6)cc(-c6cccc(C#N)c6)cc5-c5cc(C(C)(C)C)cc(C(C)(C)C)c5)c5cc(C(C)(C)C)cc3c54)c(-c3cc(C(C)(C)C)cc(C(C)(C)C)c3)c2)c1. The van der Waals surface area contributed by atoms with Crippen molar-refractivity contribution in [1.29, 1.82) is 5.26 Å². The summed E-state index contributed by atoms with van der Waals surface area (Å²) in [6, 6.07) is 108. The zero-order valence-electron chi connectivity index (χ0n) is 80.8. The molecule has 0 atom stereocenters. The summed E-state index contributed by atoms with van der Waals surface area (Å²) >= 11 is 0. The maximum atomic E-state index is 11.0. The minimum Gasteiger partial charge on any atom is -0.310 e. The van der Waals surface area contributed by atoms with Gasteiger partial charge in [-0.15, -0.1) is 0 Å². The lowest BCUT2D eigenvalue weighted by molar-refractivity contribution is 0.568. The van der Waals surface area contributed by atoms with E-state index in [1.54, 1.807) is 0 Å². The van der Waals surface area contributed by atoms with Crippen LogP contribution in [0.25, 0.3) is 110 Å². The van der Waals surface area contributed by atoms with Gasteiger partial charge in [-0.05, 0) is 256 Å². The average molecular weight is 1670 g/mol. The molecule has 642 valence electrons. The lowest BCUT2D eigenvalue weighted by Gasteiger charge is -2.47. The molecule has 2 aliphatic heterocycles. The van der Waals surface area contributed by atoms with E-state index in [1.807, 2.05) is 12.1 Å². The summed E-state index contributed by atoms with van der Waals surface area (Å²) in [6.07, 6.45) is 0. The third-order valence-electron chi connectivity index (χ3n) is 27.1. The number of benzene rings is 14. The molecular weight excluding hydrogens is 1550 g/mol. The minimum atomic E-state index is -0.461. The first-order chi connectivity index (χ1) is 60.0. The Morgan fingerprint density at radius 1 is 0.266 bits per heavy atom. The van der Waals surface area contributed by atoms with Crippen molar-refractivity contribution in [2.75, 3.05) is 9.80 Å². The van der Waals surface area contributed by atoms with Gasteiger partial charge in [0.1, 0.15) is 0 Å². The Balaban J connectivity index is 1.14. The number of aromatic nitrogens is 1. The summed E-state index contributed by atoms with van der Waals surface area (Å²) in [4.78, 5) is 9.70. The number of hydrogen-bond acceptors (Lipinski definition) is 3. The summed E-state index contributed by atoms with van der Waals surface area (Å²) in [5.41, 5.74) is 38.2. The summed E-state index contributed by atoms with van der Waals surface area (Å²) in [5.74, 6) is 0. The van der Waals surface area contributed by atoms with Crippen LogP contribution in [0.2, 0.25) is 0 Å². The monoisotopic (exact) mass is 1670 g/mol. The molecule has 0 aliphatic carbocycles. The van der Waals surface area contributed by atoms with Crippen molar-refractivity contribution in [2.24, 2.45) is 0 Å². The molecule has 0 fully saturated rings. The molecule has 0 unspecified atom stereocenters. The van der Waals surface area contributed by atoms with E-state index in [1.165, 1.54) is 77.2 Å². The van der Waals surface area contributed by atoms with Crippen LogP contribution in [0, 0.1) is 17.9 Å². The Morgan fingerprint density at radius 3 is 0.953 bits per heavy atom. The molecule has 3 heterocycles. The molecule has 128 heavy (non-hydrogen) atoms. The number of anilines is 6. The fraction of sp³-hybridized carbons (Fsp3) is 0.295. The van der Waals surface area contributed by atoms with Gasteiger partial charge in [0.2, 0.25) is 0 Å². The lowest BCUT2D eigenvalue weighted by Crippen LogP contribution is -2.61. The van der Waals surface area contributed by atoms with Gasteiger partial charge in [0, 0.05) is 61.5 Å². The topological polar surface area (TPSA) is 39.6 Å². The Bertz CT molecular complexity index is 6700. The lowest BCUT2D eigenvalue weighted by atomic mass is 9.33. The predicted octanol–water partition coefficient (Wildman–Crippen LogP) is 32.6. The number of para-hydroxylation sites is 2. The molecule has 14 aromatic carbocycles. The molecule has 1 aromatic heterocycles. The number of rotatable bonds is 10. The minimum absolute atomic E-state index is 0.253. The molecule has 0 bridgehead atoms. The number of nitriles is 1. The van der Waals surface area contributed by atoms with Gasteiger partial charge >= 0.3 is 0 Å². The average Bonchev–Trinajstić information content (AvgIpc) is 0.824. The highest BCUT2D eigenvalue weighted by molar-refractivity contribution is 7.00. The predicted molar refractivity (Wildman–Crippen MR) is 552 cm³/mol. The molecule has 17 rings (SSSR count).